The molecule has 2 rings (SSSR count). The highest BCUT2D eigenvalue weighted by molar-refractivity contribution is 5.95. The third kappa shape index (κ3) is 4.80. The van der Waals surface area contributed by atoms with Crippen molar-refractivity contribution in [2.75, 3.05) is 39.2 Å². The van der Waals surface area contributed by atoms with Gasteiger partial charge in [0.1, 0.15) is 6.54 Å². The van der Waals surface area contributed by atoms with Crippen LogP contribution in [0.25, 0.3) is 10.9 Å². The zero-order valence-electron chi connectivity index (χ0n) is 13.4. The number of ether oxygens (including phenoxy) is 1. The maximum absolute atomic E-state index is 11.9. The van der Waals surface area contributed by atoms with Crippen molar-refractivity contribution in [3.05, 3.63) is 30.5 Å². The number of fused-ring (bicyclic) bond motifs is 1. The second-order valence-electron chi connectivity index (χ2n) is 5.11. The first kappa shape index (κ1) is 17.0. The van der Waals surface area contributed by atoms with Gasteiger partial charge in [0.15, 0.2) is 0 Å². The minimum absolute atomic E-state index is 0.0701. The van der Waals surface area contributed by atoms with Gasteiger partial charge in [-0.3, -0.25) is 9.59 Å². The zero-order chi connectivity index (χ0) is 16.7. The molecule has 124 valence electrons. The summed E-state index contributed by atoms with van der Waals surface area (Å²) in [4.78, 5) is 23.4. The Morgan fingerprint density at radius 2 is 2.04 bits per heavy atom. The van der Waals surface area contributed by atoms with E-state index in [1.165, 1.54) is 0 Å². The van der Waals surface area contributed by atoms with E-state index in [0.717, 1.165) is 10.9 Å². The van der Waals surface area contributed by atoms with E-state index in [1.54, 1.807) is 14.2 Å². The van der Waals surface area contributed by atoms with Crippen LogP contribution in [0, 0.1) is 0 Å². The van der Waals surface area contributed by atoms with E-state index < -0.39 is 0 Å². The average molecular weight is 318 g/mol. The van der Waals surface area contributed by atoms with E-state index in [2.05, 4.69) is 16.0 Å². The lowest BCUT2D eigenvalue weighted by Gasteiger charge is -2.08. The topological polar surface area (TPSA) is 84.4 Å². The van der Waals surface area contributed by atoms with Crippen LogP contribution < -0.4 is 16.0 Å². The van der Waals surface area contributed by atoms with Crippen LogP contribution in [0.3, 0.4) is 0 Å². The molecule has 23 heavy (non-hydrogen) atoms. The summed E-state index contributed by atoms with van der Waals surface area (Å²) in [6, 6.07) is 7.57. The molecule has 0 aliphatic heterocycles. The first-order valence-electron chi connectivity index (χ1n) is 7.43. The summed E-state index contributed by atoms with van der Waals surface area (Å²) in [6.45, 7) is 1.65. The van der Waals surface area contributed by atoms with Crippen LogP contribution >= 0.6 is 0 Å². The third-order valence-electron chi connectivity index (χ3n) is 3.42. The molecule has 2 amide bonds. The predicted molar refractivity (Wildman–Crippen MR) is 89.4 cm³/mol. The monoisotopic (exact) mass is 318 g/mol. The standard InChI is InChI=1S/C16H22N4O3/c1-17-16(22)11-20-7-5-12-3-4-13(9-14(12)20)19-15(21)10-18-6-8-23-2/h3-5,7,9,18H,6,8,10-11H2,1-2H3,(H,17,22)(H,19,21). The maximum Gasteiger partial charge on any atom is 0.239 e. The number of anilines is 1. The van der Waals surface area contributed by atoms with E-state index >= 15 is 0 Å². The number of rotatable bonds is 8. The fourth-order valence-electron chi connectivity index (χ4n) is 2.21. The molecular formula is C16H22N4O3. The van der Waals surface area contributed by atoms with Crippen molar-refractivity contribution in [2.45, 2.75) is 6.54 Å². The summed E-state index contributed by atoms with van der Waals surface area (Å²) >= 11 is 0. The number of hydrogen-bond donors (Lipinski definition) is 3. The van der Waals surface area contributed by atoms with Gasteiger partial charge in [-0.25, -0.2) is 0 Å². The van der Waals surface area contributed by atoms with Crippen LogP contribution in [0.1, 0.15) is 0 Å². The van der Waals surface area contributed by atoms with E-state index in [0.29, 0.717) is 18.8 Å². The summed E-state index contributed by atoms with van der Waals surface area (Å²) < 4.78 is 6.75. The lowest BCUT2D eigenvalue weighted by molar-refractivity contribution is -0.121. The molecule has 2 aromatic rings. The molecule has 0 radical (unpaired) electrons. The molecule has 7 nitrogen and oxygen atoms in total. The molecule has 0 aliphatic carbocycles. The molecule has 7 heteroatoms. The summed E-state index contributed by atoms with van der Waals surface area (Å²) in [5.41, 5.74) is 1.60. The maximum atomic E-state index is 11.9. The number of carbonyl (C=O) groups excluding carboxylic acids is 2. The predicted octanol–water partition coefficient (Wildman–Crippen LogP) is 0.562. The number of methoxy groups -OCH3 is 1. The van der Waals surface area contributed by atoms with Crippen molar-refractivity contribution in [3.8, 4) is 0 Å². The minimum Gasteiger partial charge on any atom is -0.383 e. The van der Waals surface area contributed by atoms with Crippen LogP contribution in [0.15, 0.2) is 30.5 Å². The second-order valence-corrected chi connectivity index (χ2v) is 5.11. The molecule has 3 N–H and O–H groups in total. The number of nitrogens with one attached hydrogen (secondary N) is 3. The second kappa shape index (κ2) is 8.30. The molecule has 0 unspecified atom stereocenters. The Morgan fingerprint density at radius 3 is 2.78 bits per heavy atom. The normalized spacial score (nSPS) is 10.7. The molecule has 1 aromatic carbocycles. The molecule has 0 aliphatic rings. The molecule has 0 saturated heterocycles. The molecule has 0 saturated carbocycles. The van der Waals surface area contributed by atoms with Gasteiger partial charge < -0.3 is 25.3 Å². The van der Waals surface area contributed by atoms with Gasteiger partial charge in [-0.05, 0) is 23.6 Å². The highest BCUT2D eigenvalue weighted by Gasteiger charge is 2.07. The van der Waals surface area contributed by atoms with E-state index in [9.17, 15) is 9.59 Å². The van der Waals surface area contributed by atoms with Crippen molar-refractivity contribution in [1.82, 2.24) is 15.2 Å². The summed E-state index contributed by atoms with van der Waals surface area (Å²) in [7, 11) is 3.22. The summed E-state index contributed by atoms with van der Waals surface area (Å²) in [6.07, 6.45) is 1.86. The van der Waals surface area contributed by atoms with E-state index in [4.69, 9.17) is 4.74 Å². The van der Waals surface area contributed by atoms with Gasteiger partial charge in [0.25, 0.3) is 0 Å². The first-order valence-corrected chi connectivity index (χ1v) is 7.43. The van der Waals surface area contributed by atoms with Gasteiger partial charge in [-0.15, -0.1) is 0 Å². The zero-order valence-corrected chi connectivity index (χ0v) is 13.4. The highest BCUT2D eigenvalue weighted by Crippen LogP contribution is 2.20. The number of hydrogen-bond acceptors (Lipinski definition) is 4. The van der Waals surface area contributed by atoms with Crippen molar-refractivity contribution >= 4 is 28.4 Å². The molecule has 0 fully saturated rings. The Morgan fingerprint density at radius 1 is 1.22 bits per heavy atom. The summed E-state index contributed by atoms with van der Waals surface area (Å²) in [5.74, 6) is -0.191. The van der Waals surface area contributed by atoms with Crippen LogP contribution in [-0.2, 0) is 20.9 Å². The van der Waals surface area contributed by atoms with Gasteiger partial charge in [-0.1, -0.05) is 6.07 Å². The lowest BCUT2D eigenvalue weighted by atomic mass is 10.2. The van der Waals surface area contributed by atoms with Gasteiger partial charge in [0, 0.05) is 32.6 Å². The highest BCUT2D eigenvalue weighted by atomic mass is 16.5. The fraction of sp³-hybridized carbons (Fsp3) is 0.375. The molecule has 0 spiro atoms. The van der Waals surface area contributed by atoms with Gasteiger partial charge in [-0.2, -0.15) is 0 Å². The van der Waals surface area contributed by atoms with Crippen LogP contribution in [-0.4, -0.2) is 50.2 Å². The number of benzene rings is 1. The van der Waals surface area contributed by atoms with Crippen molar-refractivity contribution in [3.63, 3.8) is 0 Å². The van der Waals surface area contributed by atoms with Crippen LogP contribution in [0.4, 0.5) is 5.69 Å². The van der Waals surface area contributed by atoms with E-state index in [1.807, 2.05) is 35.0 Å². The molecule has 0 bridgehead atoms. The quantitative estimate of drug-likeness (QED) is 0.621. The number of carbonyl (C=O) groups is 2. The average Bonchev–Trinajstić information content (AvgIpc) is 2.94. The van der Waals surface area contributed by atoms with Crippen molar-refractivity contribution in [1.29, 1.82) is 0 Å². The molecule has 1 aromatic heterocycles. The Labute approximate surface area is 135 Å². The van der Waals surface area contributed by atoms with Crippen molar-refractivity contribution in [2.24, 2.45) is 0 Å². The van der Waals surface area contributed by atoms with Gasteiger partial charge in [0.2, 0.25) is 11.8 Å². The Bertz CT molecular complexity index is 681. The van der Waals surface area contributed by atoms with E-state index in [-0.39, 0.29) is 24.9 Å². The van der Waals surface area contributed by atoms with Gasteiger partial charge >= 0.3 is 0 Å². The number of amides is 2. The number of likely N-dealkylation sites (N-methyl/N-ethyl adjacent to an activating group) is 1. The lowest BCUT2D eigenvalue weighted by Crippen LogP contribution is -2.30. The molecule has 1 heterocycles. The number of nitrogens with zero attached hydrogens (tertiary/aromatic N) is 1. The Kier molecular flexibility index (Phi) is 6.13. The largest absolute Gasteiger partial charge is 0.383 e. The molecular weight excluding hydrogens is 296 g/mol. The minimum atomic E-state index is -0.120. The summed E-state index contributed by atoms with van der Waals surface area (Å²) in [5, 5.41) is 9.45. The number of aromatic nitrogens is 1. The van der Waals surface area contributed by atoms with Crippen LogP contribution in [0.2, 0.25) is 0 Å². The SMILES string of the molecule is CNC(=O)Cn1ccc2ccc(NC(=O)CNCCOC)cc21. The van der Waals surface area contributed by atoms with Crippen molar-refractivity contribution < 1.29 is 14.3 Å². The van der Waals surface area contributed by atoms with Gasteiger partial charge in [0.05, 0.1) is 18.7 Å². The van der Waals surface area contributed by atoms with Crippen LogP contribution in [0.5, 0.6) is 0 Å². The Hall–Kier alpha value is -2.38. The Balaban J connectivity index is 2.02. The first-order chi connectivity index (χ1) is 11.1. The smallest absolute Gasteiger partial charge is 0.239 e. The fourth-order valence-corrected chi connectivity index (χ4v) is 2.21. The third-order valence-corrected chi connectivity index (χ3v) is 3.42. The molecule has 0 atom stereocenters.